The molecule has 1 aliphatic heterocycles. The Labute approximate surface area is 131 Å². The minimum absolute atomic E-state index is 0. The molecule has 0 saturated carbocycles. The smallest absolute Gasteiger partial charge is 0.407 e. The van der Waals surface area contributed by atoms with E-state index in [1.54, 1.807) is 0 Å². The monoisotopic (exact) mass is 309 g/mol. The Morgan fingerprint density at radius 1 is 1.43 bits per heavy atom. The topological polar surface area (TPSA) is 76.4 Å². The number of carboxylic acid groups (broad SMARTS) is 1. The van der Waals surface area contributed by atoms with Crippen molar-refractivity contribution in [3.05, 3.63) is 35.9 Å². The lowest BCUT2D eigenvalue weighted by Gasteiger charge is -2.38. The highest BCUT2D eigenvalue weighted by atomic mass is 35.5. The fourth-order valence-electron chi connectivity index (χ4n) is 2.75. The zero-order chi connectivity index (χ0) is 14.4. The van der Waals surface area contributed by atoms with Gasteiger partial charge in [0.2, 0.25) is 0 Å². The van der Waals surface area contributed by atoms with Crippen molar-refractivity contribution in [3.63, 3.8) is 0 Å². The first-order chi connectivity index (χ1) is 9.72. The Bertz CT molecular complexity index is 489. The zero-order valence-corrected chi connectivity index (χ0v) is 12.6. The standard InChI is InChI=1S/C15H19N3O2.ClH/c16-8-6-13-10-17-9-7-14(13)18(15(19)20)11-12-4-2-1-3-5-12;/h1-5,13-14,17H,6-7,9-11H2,(H,19,20);1H/t13-,14+;/m0./s1. The zero-order valence-electron chi connectivity index (χ0n) is 11.7. The van der Waals surface area contributed by atoms with Crippen LogP contribution in [0.15, 0.2) is 30.3 Å². The van der Waals surface area contributed by atoms with Crippen LogP contribution in [0.4, 0.5) is 4.79 Å². The van der Waals surface area contributed by atoms with Crippen molar-refractivity contribution in [2.45, 2.75) is 25.4 Å². The summed E-state index contributed by atoms with van der Waals surface area (Å²) in [5, 5.41) is 21.6. The second-order valence-electron chi connectivity index (χ2n) is 5.08. The van der Waals surface area contributed by atoms with E-state index in [9.17, 15) is 9.90 Å². The average Bonchev–Trinajstić information content (AvgIpc) is 2.47. The van der Waals surface area contributed by atoms with E-state index in [1.165, 1.54) is 4.90 Å². The molecule has 2 N–H and O–H groups in total. The molecule has 0 radical (unpaired) electrons. The molecule has 1 saturated heterocycles. The summed E-state index contributed by atoms with van der Waals surface area (Å²) in [5.74, 6) is 0.0635. The van der Waals surface area contributed by atoms with Crippen LogP contribution in [0.5, 0.6) is 0 Å². The number of halogens is 1. The number of piperidine rings is 1. The van der Waals surface area contributed by atoms with Gasteiger partial charge in [0, 0.05) is 31.5 Å². The van der Waals surface area contributed by atoms with Crippen LogP contribution in [0.1, 0.15) is 18.4 Å². The van der Waals surface area contributed by atoms with Crippen LogP contribution in [-0.4, -0.2) is 35.2 Å². The third kappa shape index (κ3) is 4.62. The Kier molecular flexibility index (Phi) is 7.00. The summed E-state index contributed by atoms with van der Waals surface area (Å²) in [7, 11) is 0. The van der Waals surface area contributed by atoms with E-state index in [4.69, 9.17) is 5.26 Å². The van der Waals surface area contributed by atoms with Crippen LogP contribution < -0.4 is 5.32 Å². The molecule has 6 heteroatoms. The van der Waals surface area contributed by atoms with E-state index >= 15 is 0 Å². The molecule has 1 aromatic rings. The highest BCUT2D eigenvalue weighted by molar-refractivity contribution is 5.85. The summed E-state index contributed by atoms with van der Waals surface area (Å²) in [6.45, 7) is 1.88. The summed E-state index contributed by atoms with van der Waals surface area (Å²) >= 11 is 0. The second-order valence-corrected chi connectivity index (χ2v) is 5.08. The van der Waals surface area contributed by atoms with Crippen molar-refractivity contribution in [1.29, 1.82) is 5.26 Å². The first-order valence-corrected chi connectivity index (χ1v) is 6.83. The number of nitrogens with zero attached hydrogens (tertiary/aromatic N) is 2. The molecule has 0 unspecified atom stereocenters. The molecule has 114 valence electrons. The van der Waals surface area contributed by atoms with Crippen LogP contribution >= 0.6 is 12.4 Å². The first kappa shape index (κ1) is 17.3. The molecule has 1 amide bonds. The fourth-order valence-corrected chi connectivity index (χ4v) is 2.75. The quantitative estimate of drug-likeness (QED) is 0.896. The highest BCUT2D eigenvalue weighted by Crippen LogP contribution is 2.23. The van der Waals surface area contributed by atoms with E-state index in [0.717, 1.165) is 18.5 Å². The van der Waals surface area contributed by atoms with Gasteiger partial charge in [-0.15, -0.1) is 12.4 Å². The maximum atomic E-state index is 11.6. The maximum absolute atomic E-state index is 11.6. The minimum Gasteiger partial charge on any atom is -0.465 e. The summed E-state index contributed by atoms with van der Waals surface area (Å²) in [5.41, 5.74) is 0.976. The molecule has 0 bridgehead atoms. The Balaban J connectivity index is 0.00000220. The molecule has 0 spiro atoms. The van der Waals surface area contributed by atoms with E-state index in [1.807, 2.05) is 30.3 Å². The second kappa shape index (κ2) is 8.50. The molecule has 1 aromatic carbocycles. The van der Waals surface area contributed by atoms with Crippen molar-refractivity contribution < 1.29 is 9.90 Å². The normalized spacial score (nSPS) is 20.9. The molecule has 1 heterocycles. The lowest BCUT2D eigenvalue weighted by molar-refractivity contribution is 0.0865. The van der Waals surface area contributed by atoms with Gasteiger partial charge in [-0.1, -0.05) is 30.3 Å². The Morgan fingerprint density at radius 3 is 2.76 bits per heavy atom. The maximum Gasteiger partial charge on any atom is 0.407 e. The molecule has 2 rings (SSSR count). The van der Waals surface area contributed by atoms with Gasteiger partial charge in [-0.05, 0) is 18.5 Å². The SMILES string of the molecule is Cl.N#CC[C@H]1CNCC[C@H]1N(Cc1ccccc1)C(=O)O. The third-order valence-corrected chi connectivity index (χ3v) is 3.76. The van der Waals surface area contributed by atoms with Gasteiger partial charge in [0.25, 0.3) is 0 Å². The van der Waals surface area contributed by atoms with Crippen molar-refractivity contribution in [2.75, 3.05) is 13.1 Å². The van der Waals surface area contributed by atoms with Gasteiger partial charge in [0.05, 0.1) is 6.07 Å². The molecular weight excluding hydrogens is 290 g/mol. The molecule has 5 nitrogen and oxygen atoms in total. The Morgan fingerprint density at radius 2 is 2.14 bits per heavy atom. The highest BCUT2D eigenvalue weighted by Gasteiger charge is 2.32. The predicted octanol–water partition coefficient (Wildman–Crippen LogP) is 2.48. The van der Waals surface area contributed by atoms with E-state index in [2.05, 4.69) is 11.4 Å². The van der Waals surface area contributed by atoms with Gasteiger partial charge in [0.15, 0.2) is 0 Å². The van der Waals surface area contributed by atoms with Crippen LogP contribution in [0.25, 0.3) is 0 Å². The van der Waals surface area contributed by atoms with Gasteiger partial charge in [0.1, 0.15) is 0 Å². The molecule has 21 heavy (non-hydrogen) atoms. The van der Waals surface area contributed by atoms with Gasteiger partial charge in [-0.2, -0.15) is 5.26 Å². The van der Waals surface area contributed by atoms with Crippen LogP contribution in [0, 0.1) is 17.2 Å². The number of carbonyl (C=O) groups is 1. The molecular formula is C15H20ClN3O2. The molecule has 1 aliphatic rings. The molecule has 1 fully saturated rings. The summed E-state index contributed by atoms with van der Waals surface area (Å²) < 4.78 is 0. The summed E-state index contributed by atoms with van der Waals surface area (Å²) in [6, 6.07) is 11.7. The van der Waals surface area contributed by atoms with E-state index in [-0.39, 0.29) is 24.4 Å². The number of rotatable bonds is 4. The minimum atomic E-state index is -0.913. The largest absolute Gasteiger partial charge is 0.465 e. The predicted molar refractivity (Wildman–Crippen MR) is 82.3 cm³/mol. The van der Waals surface area contributed by atoms with Crippen LogP contribution in [0.2, 0.25) is 0 Å². The molecule has 0 aromatic heterocycles. The first-order valence-electron chi connectivity index (χ1n) is 6.83. The third-order valence-electron chi connectivity index (χ3n) is 3.76. The number of hydrogen-bond acceptors (Lipinski definition) is 3. The van der Waals surface area contributed by atoms with Crippen molar-refractivity contribution in [3.8, 4) is 6.07 Å². The number of hydrogen-bond donors (Lipinski definition) is 2. The van der Waals surface area contributed by atoms with Gasteiger partial charge in [-0.25, -0.2) is 4.79 Å². The summed E-state index contributed by atoms with van der Waals surface area (Å²) in [6.07, 6.45) is 0.227. The number of benzene rings is 1. The van der Waals surface area contributed by atoms with Crippen LogP contribution in [-0.2, 0) is 6.54 Å². The molecule has 2 atom stereocenters. The van der Waals surface area contributed by atoms with Crippen LogP contribution in [0.3, 0.4) is 0 Å². The Hall–Kier alpha value is -1.77. The van der Waals surface area contributed by atoms with Gasteiger partial charge < -0.3 is 15.3 Å². The average molecular weight is 310 g/mol. The number of nitrogens with one attached hydrogen (secondary N) is 1. The lowest BCUT2D eigenvalue weighted by atomic mass is 9.89. The lowest BCUT2D eigenvalue weighted by Crippen LogP contribution is -2.51. The van der Waals surface area contributed by atoms with Crippen molar-refractivity contribution in [2.24, 2.45) is 5.92 Å². The van der Waals surface area contributed by atoms with Gasteiger partial charge >= 0.3 is 6.09 Å². The van der Waals surface area contributed by atoms with E-state index in [0.29, 0.717) is 19.5 Å². The summed E-state index contributed by atoms with van der Waals surface area (Å²) in [4.78, 5) is 13.1. The van der Waals surface area contributed by atoms with Crippen molar-refractivity contribution >= 4 is 18.5 Å². The van der Waals surface area contributed by atoms with Gasteiger partial charge in [-0.3, -0.25) is 0 Å². The van der Waals surface area contributed by atoms with E-state index < -0.39 is 6.09 Å². The molecule has 0 aliphatic carbocycles. The number of amides is 1. The number of nitriles is 1. The van der Waals surface area contributed by atoms with Crippen molar-refractivity contribution in [1.82, 2.24) is 10.2 Å². The fraction of sp³-hybridized carbons (Fsp3) is 0.467.